The van der Waals surface area contributed by atoms with Gasteiger partial charge in [0.2, 0.25) is 15.9 Å². The van der Waals surface area contributed by atoms with Crippen molar-refractivity contribution in [1.82, 2.24) is 14.5 Å². The van der Waals surface area contributed by atoms with Crippen LogP contribution in [0.5, 0.6) is 0 Å². The Labute approximate surface area is 227 Å². The maximum absolute atomic E-state index is 13.9. The molecule has 8 nitrogen and oxygen atoms in total. The summed E-state index contributed by atoms with van der Waals surface area (Å²) in [5.41, 5.74) is 0.200. The summed E-state index contributed by atoms with van der Waals surface area (Å²) in [5, 5.41) is 2.27. The molecule has 3 amide bonds. The zero-order valence-corrected chi connectivity index (χ0v) is 22.5. The van der Waals surface area contributed by atoms with Gasteiger partial charge < -0.3 is 5.32 Å². The van der Waals surface area contributed by atoms with Crippen LogP contribution in [0.1, 0.15) is 18.4 Å². The van der Waals surface area contributed by atoms with Crippen LogP contribution in [0.4, 0.5) is 9.18 Å². The Hall–Kier alpha value is -2.44. The summed E-state index contributed by atoms with van der Waals surface area (Å²) in [6, 6.07) is 10.4. The number of thioether (sulfide) groups is 1. The highest BCUT2D eigenvalue weighted by atomic mass is 35.5. The second-order valence-corrected chi connectivity index (χ2v) is 12.1. The minimum absolute atomic E-state index is 0.0310. The van der Waals surface area contributed by atoms with Crippen molar-refractivity contribution in [3.05, 3.63) is 68.8 Å². The molecule has 0 aliphatic carbocycles. The summed E-state index contributed by atoms with van der Waals surface area (Å²) in [6.07, 6.45) is 1.91. The van der Waals surface area contributed by atoms with Gasteiger partial charge >= 0.3 is 0 Å². The second kappa shape index (κ2) is 11.5. The molecule has 1 N–H and O–H groups in total. The molecule has 0 bridgehead atoms. The summed E-state index contributed by atoms with van der Waals surface area (Å²) in [4.78, 5) is 38.5. The molecule has 0 radical (unpaired) electrons. The smallest absolute Gasteiger partial charge is 0.293 e. The number of nitrogens with one attached hydrogen (secondary N) is 1. The Morgan fingerprint density at radius 3 is 2.38 bits per heavy atom. The summed E-state index contributed by atoms with van der Waals surface area (Å²) in [5.74, 6) is -1.77. The number of benzene rings is 2. The van der Waals surface area contributed by atoms with Crippen molar-refractivity contribution in [1.29, 1.82) is 0 Å². The average molecular weight is 586 g/mol. The van der Waals surface area contributed by atoms with Crippen LogP contribution in [0.3, 0.4) is 0 Å². The van der Waals surface area contributed by atoms with Crippen LogP contribution in [0, 0.1) is 11.7 Å². The van der Waals surface area contributed by atoms with E-state index in [1.54, 1.807) is 12.1 Å². The van der Waals surface area contributed by atoms with E-state index in [1.807, 2.05) is 0 Å². The predicted molar refractivity (Wildman–Crippen MR) is 140 cm³/mol. The Morgan fingerprint density at radius 1 is 1.08 bits per heavy atom. The number of halogens is 3. The van der Waals surface area contributed by atoms with Crippen molar-refractivity contribution < 1.29 is 27.2 Å². The predicted octanol–water partition coefficient (Wildman–Crippen LogP) is 4.39. The summed E-state index contributed by atoms with van der Waals surface area (Å²) in [6.45, 7) is 0.235. The lowest BCUT2D eigenvalue weighted by Gasteiger charge is -2.31. The third-order valence-corrected chi connectivity index (χ3v) is 9.80. The Balaban J connectivity index is 1.29. The lowest BCUT2D eigenvalue weighted by Crippen LogP contribution is -2.44. The van der Waals surface area contributed by atoms with E-state index in [4.69, 9.17) is 23.2 Å². The molecule has 2 aliphatic heterocycles. The van der Waals surface area contributed by atoms with Crippen LogP contribution >= 0.6 is 35.0 Å². The van der Waals surface area contributed by atoms with E-state index < -0.39 is 32.9 Å². The average Bonchev–Trinajstić information content (AvgIpc) is 3.12. The Bertz CT molecular complexity index is 1360. The van der Waals surface area contributed by atoms with Gasteiger partial charge in [0.25, 0.3) is 11.1 Å². The van der Waals surface area contributed by atoms with Crippen LogP contribution in [0.15, 0.2) is 52.3 Å². The van der Waals surface area contributed by atoms with Crippen LogP contribution in [0.2, 0.25) is 10.0 Å². The van der Waals surface area contributed by atoms with E-state index in [0.29, 0.717) is 24.6 Å². The normalized spacial score (nSPS) is 18.6. The number of sulfonamides is 1. The monoisotopic (exact) mass is 585 g/mol. The zero-order chi connectivity index (χ0) is 26.7. The number of piperidine rings is 1. The van der Waals surface area contributed by atoms with Gasteiger partial charge in [-0.2, -0.15) is 4.31 Å². The van der Waals surface area contributed by atoms with Crippen LogP contribution in [-0.2, 0) is 19.6 Å². The molecular formula is C24H22Cl2FN3O5S2. The van der Waals surface area contributed by atoms with E-state index in [0.717, 1.165) is 4.90 Å². The summed E-state index contributed by atoms with van der Waals surface area (Å²) >= 11 is 12.9. The number of rotatable bonds is 7. The number of hydrogen-bond acceptors (Lipinski definition) is 6. The number of hydrogen-bond donors (Lipinski definition) is 1. The topological polar surface area (TPSA) is 104 Å². The highest BCUT2D eigenvalue weighted by molar-refractivity contribution is 8.18. The largest absolute Gasteiger partial charge is 0.354 e. The van der Waals surface area contributed by atoms with Gasteiger partial charge in [-0.05, 0) is 48.9 Å². The SMILES string of the molecule is O=C(NCCN1C(=O)S/C(=C\c2ccccc2F)C1=O)C1CCN(S(=O)(=O)c2c(Cl)cccc2Cl)CC1. The van der Waals surface area contributed by atoms with Gasteiger partial charge in [0, 0.05) is 37.7 Å². The number of imide groups is 1. The molecule has 2 fully saturated rings. The minimum Gasteiger partial charge on any atom is -0.354 e. The Morgan fingerprint density at radius 2 is 1.73 bits per heavy atom. The quantitative estimate of drug-likeness (QED) is 0.483. The molecular weight excluding hydrogens is 564 g/mol. The molecule has 0 spiro atoms. The highest BCUT2D eigenvalue weighted by Gasteiger charge is 2.36. The standard InChI is InChI=1S/C24H22Cl2FN3O5S2/c25-17-5-3-6-18(26)21(17)37(34,35)29-11-8-15(9-12-29)22(31)28-10-13-30-23(32)20(36-24(30)33)14-16-4-1-2-7-19(16)27/h1-7,14-15H,8-13H2,(H,28,31)/b20-14-. The van der Waals surface area contributed by atoms with Crippen LogP contribution in [-0.4, -0.2) is 60.9 Å². The maximum Gasteiger partial charge on any atom is 0.293 e. The van der Waals surface area contributed by atoms with Gasteiger partial charge in [-0.25, -0.2) is 12.8 Å². The third kappa shape index (κ3) is 6.01. The minimum atomic E-state index is -3.92. The van der Waals surface area contributed by atoms with Gasteiger partial charge in [0.15, 0.2) is 0 Å². The molecule has 2 saturated heterocycles. The molecule has 0 unspecified atom stereocenters. The van der Waals surface area contributed by atoms with E-state index in [-0.39, 0.29) is 57.5 Å². The van der Waals surface area contributed by atoms with Crippen LogP contribution in [0.25, 0.3) is 6.08 Å². The molecule has 2 aliphatic rings. The molecule has 2 aromatic carbocycles. The maximum atomic E-state index is 13.9. The molecule has 13 heteroatoms. The molecule has 2 aromatic rings. The van der Waals surface area contributed by atoms with Gasteiger partial charge in [-0.1, -0.05) is 47.5 Å². The van der Waals surface area contributed by atoms with Crippen LogP contribution < -0.4 is 5.32 Å². The van der Waals surface area contributed by atoms with Crippen molar-refractivity contribution in [3.8, 4) is 0 Å². The first kappa shape index (κ1) is 27.6. The lowest BCUT2D eigenvalue weighted by atomic mass is 9.97. The number of carbonyl (C=O) groups is 3. The first-order chi connectivity index (χ1) is 17.6. The fraction of sp³-hybridized carbons (Fsp3) is 0.292. The van der Waals surface area contributed by atoms with Gasteiger partial charge in [-0.15, -0.1) is 0 Å². The molecule has 37 heavy (non-hydrogen) atoms. The molecule has 4 rings (SSSR count). The van der Waals surface area contributed by atoms with E-state index in [9.17, 15) is 27.2 Å². The van der Waals surface area contributed by atoms with Crippen molar-refractivity contribution >= 4 is 68.1 Å². The van der Waals surface area contributed by atoms with Crippen molar-refractivity contribution in [3.63, 3.8) is 0 Å². The Kier molecular flexibility index (Phi) is 8.59. The van der Waals surface area contributed by atoms with Crippen molar-refractivity contribution in [2.45, 2.75) is 17.7 Å². The lowest BCUT2D eigenvalue weighted by molar-refractivity contribution is -0.127. The first-order valence-electron chi connectivity index (χ1n) is 11.3. The molecule has 0 saturated carbocycles. The van der Waals surface area contributed by atoms with E-state index in [2.05, 4.69) is 5.32 Å². The molecule has 0 atom stereocenters. The van der Waals surface area contributed by atoms with E-state index in [1.165, 1.54) is 40.7 Å². The molecule has 0 aromatic heterocycles. The zero-order valence-electron chi connectivity index (χ0n) is 19.3. The van der Waals surface area contributed by atoms with Gasteiger partial charge in [0.1, 0.15) is 10.7 Å². The van der Waals surface area contributed by atoms with Gasteiger partial charge in [-0.3, -0.25) is 19.3 Å². The van der Waals surface area contributed by atoms with Gasteiger partial charge in [0.05, 0.1) is 15.0 Å². The molecule has 2 heterocycles. The highest BCUT2D eigenvalue weighted by Crippen LogP contribution is 2.34. The van der Waals surface area contributed by atoms with Crippen molar-refractivity contribution in [2.75, 3.05) is 26.2 Å². The summed E-state index contributed by atoms with van der Waals surface area (Å²) in [7, 11) is -3.92. The number of nitrogens with zero attached hydrogens (tertiary/aromatic N) is 2. The first-order valence-corrected chi connectivity index (χ1v) is 14.3. The fourth-order valence-corrected chi connectivity index (χ4v) is 7.49. The summed E-state index contributed by atoms with van der Waals surface area (Å²) < 4.78 is 41.2. The number of amides is 3. The van der Waals surface area contributed by atoms with E-state index >= 15 is 0 Å². The van der Waals surface area contributed by atoms with Crippen molar-refractivity contribution in [2.24, 2.45) is 5.92 Å². The fourth-order valence-electron chi connectivity index (χ4n) is 4.08. The third-order valence-electron chi connectivity index (χ3n) is 6.04. The molecule has 196 valence electrons. The second-order valence-electron chi connectivity index (χ2n) is 8.38. The number of carbonyl (C=O) groups excluding carboxylic acids is 3.